The summed E-state index contributed by atoms with van der Waals surface area (Å²) in [6.45, 7) is 0. The van der Waals surface area contributed by atoms with Gasteiger partial charge in [-0.3, -0.25) is 9.20 Å². The van der Waals surface area contributed by atoms with Gasteiger partial charge in [0.05, 0.1) is 5.69 Å². The average Bonchev–Trinajstić information content (AvgIpc) is 2.99. The SMILES string of the molecule is O=Cc1c(C2CC2)nc2ccccn12. The van der Waals surface area contributed by atoms with Gasteiger partial charge in [-0.2, -0.15) is 0 Å². The molecule has 1 saturated carbocycles. The van der Waals surface area contributed by atoms with Crippen molar-refractivity contribution in [2.45, 2.75) is 18.8 Å². The van der Waals surface area contributed by atoms with Crippen molar-refractivity contribution in [1.29, 1.82) is 0 Å². The maximum Gasteiger partial charge on any atom is 0.168 e. The van der Waals surface area contributed by atoms with E-state index >= 15 is 0 Å². The molecule has 14 heavy (non-hydrogen) atoms. The van der Waals surface area contributed by atoms with Crippen LogP contribution in [0.1, 0.15) is 34.9 Å². The lowest BCUT2D eigenvalue weighted by Gasteiger charge is -1.93. The van der Waals surface area contributed by atoms with Gasteiger partial charge in [-0.15, -0.1) is 0 Å². The van der Waals surface area contributed by atoms with Crippen LogP contribution in [0.3, 0.4) is 0 Å². The first-order valence-corrected chi connectivity index (χ1v) is 4.82. The molecule has 1 aliphatic rings. The summed E-state index contributed by atoms with van der Waals surface area (Å²) >= 11 is 0. The summed E-state index contributed by atoms with van der Waals surface area (Å²) in [5, 5.41) is 0. The predicted octanol–water partition coefficient (Wildman–Crippen LogP) is 2.02. The highest BCUT2D eigenvalue weighted by Crippen LogP contribution is 2.40. The van der Waals surface area contributed by atoms with Crippen molar-refractivity contribution in [2.24, 2.45) is 0 Å². The average molecular weight is 186 g/mol. The van der Waals surface area contributed by atoms with E-state index < -0.39 is 0 Å². The summed E-state index contributed by atoms with van der Waals surface area (Å²) in [6.07, 6.45) is 5.14. The Bertz CT molecular complexity index is 497. The van der Waals surface area contributed by atoms with E-state index in [0.29, 0.717) is 5.92 Å². The fourth-order valence-electron chi connectivity index (χ4n) is 1.81. The first kappa shape index (κ1) is 7.74. The van der Waals surface area contributed by atoms with Crippen molar-refractivity contribution in [2.75, 3.05) is 0 Å². The molecule has 1 fully saturated rings. The molecule has 0 radical (unpaired) electrons. The molecule has 0 N–H and O–H groups in total. The topological polar surface area (TPSA) is 34.4 Å². The van der Waals surface area contributed by atoms with Gasteiger partial charge < -0.3 is 0 Å². The van der Waals surface area contributed by atoms with Crippen LogP contribution in [0.4, 0.5) is 0 Å². The van der Waals surface area contributed by atoms with E-state index in [1.165, 1.54) is 12.8 Å². The van der Waals surface area contributed by atoms with Gasteiger partial charge >= 0.3 is 0 Å². The van der Waals surface area contributed by atoms with Crippen LogP contribution in [0, 0.1) is 0 Å². The van der Waals surface area contributed by atoms with Crippen LogP contribution in [0.15, 0.2) is 24.4 Å². The van der Waals surface area contributed by atoms with Crippen LogP contribution < -0.4 is 0 Å². The molecule has 0 atom stereocenters. The minimum absolute atomic E-state index is 0.523. The molecule has 0 saturated heterocycles. The Morgan fingerprint density at radius 2 is 2.29 bits per heavy atom. The molecule has 0 aliphatic heterocycles. The molecule has 2 aromatic rings. The summed E-state index contributed by atoms with van der Waals surface area (Å²) in [7, 11) is 0. The van der Waals surface area contributed by atoms with Gasteiger partial charge in [-0.1, -0.05) is 6.07 Å². The Balaban J connectivity index is 2.33. The molecular weight excluding hydrogens is 176 g/mol. The number of fused-ring (bicyclic) bond motifs is 1. The number of carbonyl (C=O) groups excluding carboxylic acids is 1. The van der Waals surface area contributed by atoms with Crippen molar-refractivity contribution >= 4 is 11.9 Å². The molecule has 0 unspecified atom stereocenters. The van der Waals surface area contributed by atoms with Crippen LogP contribution in [0.5, 0.6) is 0 Å². The van der Waals surface area contributed by atoms with Crippen LogP contribution >= 0.6 is 0 Å². The number of aromatic nitrogens is 2. The molecule has 3 nitrogen and oxygen atoms in total. The first-order chi connectivity index (χ1) is 6.90. The number of hydrogen-bond donors (Lipinski definition) is 0. The van der Waals surface area contributed by atoms with E-state index in [1.54, 1.807) is 0 Å². The lowest BCUT2D eigenvalue weighted by Crippen LogP contribution is -1.92. The molecule has 0 spiro atoms. The van der Waals surface area contributed by atoms with E-state index in [9.17, 15) is 4.79 Å². The van der Waals surface area contributed by atoms with Crippen LogP contribution in [-0.2, 0) is 0 Å². The van der Waals surface area contributed by atoms with Gasteiger partial charge in [0, 0.05) is 12.1 Å². The zero-order chi connectivity index (χ0) is 9.54. The summed E-state index contributed by atoms with van der Waals surface area (Å²) < 4.78 is 1.86. The zero-order valence-corrected chi connectivity index (χ0v) is 7.68. The summed E-state index contributed by atoms with van der Waals surface area (Å²) in [5.41, 5.74) is 2.57. The third-order valence-corrected chi connectivity index (χ3v) is 2.67. The Morgan fingerprint density at radius 1 is 1.43 bits per heavy atom. The largest absolute Gasteiger partial charge is 0.297 e. The highest BCUT2D eigenvalue weighted by Gasteiger charge is 2.29. The van der Waals surface area contributed by atoms with E-state index in [4.69, 9.17) is 0 Å². The van der Waals surface area contributed by atoms with Gasteiger partial charge in [0.2, 0.25) is 0 Å². The molecule has 70 valence electrons. The molecular formula is C11H10N2O. The van der Waals surface area contributed by atoms with Gasteiger partial charge in [-0.25, -0.2) is 4.98 Å². The molecule has 1 aliphatic carbocycles. The van der Waals surface area contributed by atoms with E-state index in [1.807, 2.05) is 28.8 Å². The minimum Gasteiger partial charge on any atom is -0.297 e. The van der Waals surface area contributed by atoms with E-state index in [0.717, 1.165) is 23.3 Å². The monoisotopic (exact) mass is 186 g/mol. The van der Waals surface area contributed by atoms with Crippen molar-refractivity contribution in [3.05, 3.63) is 35.8 Å². The maximum atomic E-state index is 11.0. The fourth-order valence-corrected chi connectivity index (χ4v) is 1.81. The molecule has 0 amide bonds. The lowest BCUT2D eigenvalue weighted by molar-refractivity contribution is 0.111. The Labute approximate surface area is 81.4 Å². The number of nitrogens with zero attached hydrogens (tertiary/aromatic N) is 2. The van der Waals surface area contributed by atoms with Crippen molar-refractivity contribution < 1.29 is 4.79 Å². The molecule has 3 heteroatoms. The predicted molar refractivity (Wildman–Crippen MR) is 52.6 cm³/mol. The van der Waals surface area contributed by atoms with Gasteiger partial charge in [0.15, 0.2) is 6.29 Å². The van der Waals surface area contributed by atoms with Crippen molar-refractivity contribution in [3.63, 3.8) is 0 Å². The van der Waals surface area contributed by atoms with E-state index in [2.05, 4.69) is 4.98 Å². The van der Waals surface area contributed by atoms with Crippen LogP contribution in [0.25, 0.3) is 5.65 Å². The Morgan fingerprint density at radius 3 is 3.00 bits per heavy atom. The lowest BCUT2D eigenvalue weighted by atomic mass is 10.2. The van der Waals surface area contributed by atoms with E-state index in [-0.39, 0.29) is 0 Å². The van der Waals surface area contributed by atoms with Gasteiger partial charge in [0.25, 0.3) is 0 Å². The normalized spacial score (nSPS) is 16.0. The number of pyridine rings is 1. The second kappa shape index (κ2) is 2.67. The standard InChI is InChI=1S/C11H10N2O/c14-7-9-11(8-4-5-8)12-10-3-1-2-6-13(9)10/h1-3,6-8H,4-5H2. The van der Waals surface area contributed by atoms with Gasteiger partial charge in [-0.05, 0) is 25.0 Å². The highest BCUT2D eigenvalue weighted by atomic mass is 16.1. The second-order valence-electron chi connectivity index (χ2n) is 3.70. The Hall–Kier alpha value is -1.64. The molecule has 2 aromatic heterocycles. The van der Waals surface area contributed by atoms with Crippen LogP contribution in [0.2, 0.25) is 0 Å². The quantitative estimate of drug-likeness (QED) is 0.672. The zero-order valence-electron chi connectivity index (χ0n) is 7.68. The van der Waals surface area contributed by atoms with Crippen molar-refractivity contribution in [3.8, 4) is 0 Å². The minimum atomic E-state index is 0.523. The maximum absolute atomic E-state index is 11.0. The van der Waals surface area contributed by atoms with Crippen LogP contribution in [-0.4, -0.2) is 15.7 Å². The molecule has 0 aromatic carbocycles. The third-order valence-electron chi connectivity index (χ3n) is 2.67. The third kappa shape index (κ3) is 0.985. The highest BCUT2D eigenvalue weighted by molar-refractivity contribution is 5.77. The number of carbonyl (C=O) groups is 1. The fraction of sp³-hybridized carbons (Fsp3) is 0.273. The number of aldehydes is 1. The smallest absolute Gasteiger partial charge is 0.168 e. The number of rotatable bonds is 2. The number of imidazole rings is 1. The molecule has 2 heterocycles. The summed E-state index contributed by atoms with van der Waals surface area (Å²) in [6, 6.07) is 5.78. The van der Waals surface area contributed by atoms with Crippen molar-refractivity contribution in [1.82, 2.24) is 9.38 Å². The first-order valence-electron chi connectivity index (χ1n) is 4.82. The molecule has 0 bridgehead atoms. The molecule has 3 rings (SSSR count). The van der Waals surface area contributed by atoms with Gasteiger partial charge in [0.1, 0.15) is 11.3 Å². The summed E-state index contributed by atoms with van der Waals surface area (Å²) in [5.74, 6) is 0.523. The Kier molecular flexibility index (Phi) is 1.48. The number of hydrogen-bond acceptors (Lipinski definition) is 2. The summed E-state index contributed by atoms with van der Waals surface area (Å²) in [4.78, 5) is 15.5. The second-order valence-corrected chi connectivity index (χ2v) is 3.70.